The summed E-state index contributed by atoms with van der Waals surface area (Å²) < 4.78 is 53.8. The van der Waals surface area contributed by atoms with Crippen LogP contribution < -0.4 is 10.1 Å². The summed E-state index contributed by atoms with van der Waals surface area (Å²) >= 11 is 0. The van der Waals surface area contributed by atoms with Crippen LogP contribution in [0, 0.1) is 12.7 Å². The van der Waals surface area contributed by atoms with Gasteiger partial charge >= 0.3 is 0 Å². The van der Waals surface area contributed by atoms with Gasteiger partial charge in [0.15, 0.2) is 6.10 Å². The van der Waals surface area contributed by atoms with Gasteiger partial charge in [0.05, 0.1) is 52.2 Å². The number of ether oxygens (including phenoxy) is 4. The SMILES string of the molecule is COCCS(C)(=O)=Nc1cc(C)c2c(Nc3ccc(F)cc3O[C@@H]3CO[C@H]4[C@@H]3OC[C@H]4O)ncnc2c1. The fraction of sp³-hybridized carbons (Fsp3) is 0.440. The van der Waals surface area contributed by atoms with E-state index in [-0.39, 0.29) is 19.0 Å². The first-order valence-corrected chi connectivity index (χ1v) is 13.9. The quantitative estimate of drug-likeness (QED) is 0.450. The summed E-state index contributed by atoms with van der Waals surface area (Å²) in [6.07, 6.45) is 0.901. The number of hydrogen-bond donors (Lipinski definition) is 2. The van der Waals surface area contributed by atoms with Crippen LogP contribution in [0.25, 0.3) is 10.9 Å². The monoisotopic (exact) mass is 532 g/mol. The molecule has 3 heterocycles. The Bertz CT molecular complexity index is 1430. The number of anilines is 2. The van der Waals surface area contributed by atoms with Crippen molar-refractivity contribution in [2.45, 2.75) is 31.3 Å². The van der Waals surface area contributed by atoms with Gasteiger partial charge in [0.2, 0.25) is 0 Å². The van der Waals surface area contributed by atoms with Gasteiger partial charge < -0.3 is 29.4 Å². The van der Waals surface area contributed by atoms with Crippen LogP contribution in [0.3, 0.4) is 0 Å². The average molecular weight is 533 g/mol. The van der Waals surface area contributed by atoms with E-state index in [0.717, 1.165) is 10.9 Å². The molecule has 0 saturated carbocycles. The van der Waals surface area contributed by atoms with Gasteiger partial charge in [-0.3, -0.25) is 0 Å². The number of aliphatic hydroxyl groups is 1. The number of fused-ring (bicyclic) bond motifs is 2. The second-order valence-electron chi connectivity index (χ2n) is 9.21. The Labute approximate surface area is 214 Å². The molecule has 0 radical (unpaired) electrons. The summed E-state index contributed by atoms with van der Waals surface area (Å²) in [5.41, 5.74) is 2.49. The van der Waals surface area contributed by atoms with Crippen LogP contribution in [-0.4, -0.2) is 82.6 Å². The van der Waals surface area contributed by atoms with E-state index < -0.39 is 40.0 Å². The van der Waals surface area contributed by atoms with Crippen molar-refractivity contribution >= 4 is 37.8 Å². The number of methoxy groups -OCH3 is 1. The number of nitrogens with one attached hydrogen (secondary N) is 1. The Hall–Kier alpha value is -2.90. The number of aromatic nitrogens is 2. The fourth-order valence-corrected chi connectivity index (χ4v) is 5.68. The first-order valence-electron chi connectivity index (χ1n) is 11.8. The van der Waals surface area contributed by atoms with Crippen molar-refractivity contribution in [2.24, 2.45) is 4.36 Å². The van der Waals surface area contributed by atoms with Crippen molar-refractivity contribution in [1.82, 2.24) is 9.97 Å². The van der Waals surface area contributed by atoms with E-state index in [0.29, 0.717) is 35.1 Å². The van der Waals surface area contributed by atoms with Crippen molar-refractivity contribution in [3.05, 3.63) is 48.0 Å². The Kier molecular flexibility index (Phi) is 7.28. The number of hydrogen-bond acceptors (Lipinski definition) is 10. The minimum atomic E-state index is -2.47. The molecular formula is C25H29FN4O6S. The van der Waals surface area contributed by atoms with Crippen molar-refractivity contribution in [1.29, 1.82) is 0 Å². The lowest BCUT2D eigenvalue weighted by molar-refractivity contribution is 0.00871. The van der Waals surface area contributed by atoms with E-state index in [2.05, 4.69) is 19.6 Å². The van der Waals surface area contributed by atoms with E-state index in [1.54, 1.807) is 25.5 Å². The predicted molar refractivity (Wildman–Crippen MR) is 137 cm³/mol. The molecule has 0 aliphatic carbocycles. The Balaban J connectivity index is 1.45. The van der Waals surface area contributed by atoms with Crippen LogP contribution in [0.5, 0.6) is 5.75 Å². The summed E-state index contributed by atoms with van der Waals surface area (Å²) in [6, 6.07) is 7.76. The predicted octanol–water partition coefficient (Wildman–Crippen LogP) is 3.10. The van der Waals surface area contributed by atoms with Gasteiger partial charge in [-0.15, -0.1) is 0 Å². The first kappa shape index (κ1) is 25.7. The number of aliphatic hydroxyl groups excluding tert-OH is 1. The van der Waals surface area contributed by atoms with Gasteiger partial charge in [0.1, 0.15) is 42.0 Å². The standard InChI is InChI=1S/C25H29FN4O6S/c1-14-8-16(30-37(3,32)7-6-33-2)10-18-22(14)25(28-13-27-18)29-17-5-4-15(26)9-20(17)36-21-12-35-23-19(31)11-34-24(21)23/h4-5,8-10,13,19,21,23-24,31H,6-7,11-12H2,1-3H3,(H,27,28,29)/t19-,21-,23-,24-,37?/m1/s1. The zero-order valence-corrected chi connectivity index (χ0v) is 21.5. The van der Waals surface area contributed by atoms with Gasteiger partial charge in [-0.25, -0.2) is 18.6 Å². The first-order chi connectivity index (χ1) is 17.7. The number of rotatable bonds is 8. The number of halogens is 1. The molecule has 12 heteroatoms. The van der Waals surface area contributed by atoms with E-state index in [4.69, 9.17) is 18.9 Å². The number of benzene rings is 2. The molecule has 0 amide bonds. The Morgan fingerprint density at radius 2 is 2.03 bits per heavy atom. The van der Waals surface area contributed by atoms with E-state index in [1.165, 1.54) is 18.5 Å². The van der Waals surface area contributed by atoms with Gasteiger partial charge in [0.25, 0.3) is 0 Å². The molecule has 0 bridgehead atoms. The van der Waals surface area contributed by atoms with Gasteiger partial charge in [0, 0.05) is 24.8 Å². The Morgan fingerprint density at radius 3 is 2.84 bits per heavy atom. The third-order valence-electron chi connectivity index (χ3n) is 6.34. The van der Waals surface area contributed by atoms with Gasteiger partial charge in [-0.2, -0.15) is 4.36 Å². The molecule has 1 unspecified atom stereocenters. The minimum absolute atomic E-state index is 0.170. The maximum Gasteiger partial charge on any atom is 0.151 e. The molecule has 2 aliphatic rings. The molecule has 5 atom stereocenters. The summed E-state index contributed by atoms with van der Waals surface area (Å²) in [6.45, 7) is 2.63. The topological polar surface area (TPSA) is 124 Å². The molecule has 2 fully saturated rings. The summed E-state index contributed by atoms with van der Waals surface area (Å²) in [4.78, 5) is 8.79. The maximum absolute atomic E-state index is 14.2. The van der Waals surface area contributed by atoms with Crippen LogP contribution in [0.15, 0.2) is 41.0 Å². The van der Waals surface area contributed by atoms with Crippen molar-refractivity contribution in [3.8, 4) is 5.75 Å². The highest BCUT2D eigenvalue weighted by Crippen LogP contribution is 2.36. The maximum atomic E-state index is 14.2. The Morgan fingerprint density at radius 1 is 1.22 bits per heavy atom. The fourth-order valence-electron chi connectivity index (χ4n) is 4.56. The van der Waals surface area contributed by atoms with Crippen molar-refractivity contribution < 1.29 is 32.7 Å². The highest BCUT2D eigenvalue weighted by atomic mass is 32.2. The van der Waals surface area contributed by atoms with E-state index >= 15 is 0 Å². The largest absolute Gasteiger partial charge is 0.483 e. The smallest absolute Gasteiger partial charge is 0.151 e. The molecule has 2 aromatic carbocycles. The molecule has 2 aliphatic heterocycles. The van der Waals surface area contributed by atoms with Gasteiger partial charge in [-0.1, -0.05) is 0 Å². The normalized spacial score (nSPS) is 24.6. The highest BCUT2D eigenvalue weighted by Gasteiger charge is 2.48. The number of aryl methyl sites for hydroxylation is 1. The van der Waals surface area contributed by atoms with E-state index in [9.17, 15) is 13.7 Å². The summed E-state index contributed by atoms with van der Waals surface area (Å²) in [5.74, 6) is 0.617. The lowest BCUT2D eigenvalue weighted by Crippen LogP contribution is -2.34. The average Bonchev–Trinajstić information content (AvgIpc) is 3.42. The second kappa shape index (κ2) is 10.5. The van der Waals surface area contributed by atoms with Crippen molar-refractivity contribution in [3.63, 3.8) is 0 Å². The molecule has 0 spiro atoms. The minimum Gasteiger partial charge on any atom is -0.483 e. The van der Waals surface area contributed by atoms with Crippen LogP contribution in [0.4, 0.5) is 21.6 Å². The van der Waals surface area contributed by atoms with Crippen LogP contribution in [-0.2, 0) is 23.9 Å². The van der Waals surface area contributed by atoms with Gasteiger partial charge in [-0.05, 0) is 36.8 Å². The molecule has 3 aromatic rings. The number of nitrogens with zero attached hydrogens (tertiary/aromatic N) is 3. The second-order valence-corrected chi connectivity index (χ2v) is 11.7. The third-order valence-corrected chi connectivity index (χ3v) is 7.86. The molecule has 5 rings (SSSR count). The lowest BCUT2D eigenvalue weighted by Gasteiger charge is -2.21. The molecule has 10 nitrogen and oxygen atoms in total. The molecule has 1 aromatic heterocycles. The van der Waals surface area contributed by atoms with Crippen molar-refractivity contribution in [2.75, 3.05) is 44.3 Å². The summed E-state index contributed by atoms with van der Waals surface area (Å²) in [5, 5.41) is 14.0. The highest BCUT2D eigenvalue weighted by molar-refractivity contribution is 7.93. The lowest BCUT2D eigenvalue weighted by atomic mass is 10.1. The van der Waals surface area contributed by atoms with E-state index in [1.807, 2.05) is 13.0 Å². The van der Waals surface area contributed by atoms with Crippen LogP contribution in [0.1, 0.15) is 5.56 Å². The zero-order chi connectivity index (χ0) is 26.2. The zero-order valence-electron chi connectivity index (χ0n) is 20.7. The van der Waals surface area contributed by atoms with Crippen LogP contribution >= 0.6 is 0 Å². The molecular weight excluding hydrogens is 503 g/mol. The van der Waals surface area contributed by atoms with Crippen LogP contribution in [0.2, 0.25) is 0 Å². The molecule has 37 heavy (non-hydrogen) atoms. The molecule has 2 saturated heterocycles. The molecule has 198 valence electrons. The third kappa shape index (κ3) is 5.53. The molecule has 2 N–H and O–H groups in total. The summed E-state index contributed by atoms with van der Waals surface area (Å²) in [7, 11) is -0.910.